The van der Waals surface area contributed by atoms with Gasteiger partial charge >= 0.3 is 5.69 Å². The van der Waals surface area contributed by atoms with E-state index in [1.165, 1.54) is 12.1 Å². The second kappa shape index (κ2) is 7.72. The minimum absolute atomic E-state index is 0.0602. The molecule has 0 bridgehead atoms. The molecule has 2 aromatic rings. The molecule has 21 heavy (non-hydrogen) atoms. The lowest BCUT2D eigenvalue weighted by atomic mass is 10.3. The Morgan fingerprint density at radius 2 is 2.05 bits per heavy atom. The number of nitrogens with zero attached hydrogens (tertiary/aromatic N) is 1. The second-order valence-corrected chi connectivity index (χ2v) is 5.32. The van der Waals surface area contributed by atoms with E-state index in [1.54, 1.807) is 23.5 Å². The van der Waals surface area contributed by atoms with Gasteiger partial charge in [0.15, 0.2) is 5.75 Å². The molecule has 0 aliphatic heterocycles. The van der Waals surface area contributed by atoms with Crippen LogP contribution < -0.4 is 4.74 Å². The summed E-state index contributed by atoms with van der Waals surface area (Å²) in [5.74, 6) is 0.139. The Morgan fingerprint density at radius 1 is 1.24 bits per heavy atom. The van der Waals surface area contributed by atoms with E-state index in [4.69, 9.17) is 9.47 Å². The van der Waals surface area contributed by atoms with Crippen LogP contribution in [0.1, 0.15) is 4.88 Å². The number of aliphatic hydroxyl groups is 1. The van der Waals surface area contributed by atoms with Crippen LogP contribution >= 0.6 is 11.3 Å². The lowest BCUT2D eigenvalue weighted by Gasteiger charge is -2.12. The zero-order valence-corrected chi connectivity index (χ0v) is 12.0. The largest absolute Gasteiger partial charge is 0.484 e. The van der Waals surface area contributed by atoms with Gasteiger partial charge in [0.1, 0.15) is 12.7 Å². The molecule has 112 valence electrons. The normalized spacial score (nSPS) is 12.0. The molecule has 0 amide bonds. The van der Waals surface area contributed by atoms with Gasteiger partial charge in [-0.1, -0.05) is 18.2 Å². The maximum atomic E-state index is 10.8. The third-order valence-corrected chi connectivity index (χ3v) is 3.48. The summed E-state index contributed by atoms with van der Waals surface area (Å²) in [4.78, 5) is 11.4. The average Bonchev–Trinajstić information content (AvgIpc) is 2.98. The molecular weight excluding hydrogens is 294 g/mol. The summed E-state index contributed by atoms with van der Waals surface area (Å²) in [6.07, 6.45) is -0.843. The molecule has 0 aliphatic carbocycles. The fraction of sp³-hybridized carbons (Fsp3) is 0.286. The van der Waals surface area contributed by atoms with Crippen molar-refractivity contribution in [3.63, 3.8) is 0 Å². The smallest absolute Gasteiger partial charge is 0.310 e. The van der Waals surface area contributed by atoms with Gasteiger partial charge in [0.2, 0.25) is 0 Å². The van der Waals surface area contributed by atoms with Crippen molar-refractivity contribution < 1.29 is 19.5 Å². The highest BCUT2D eigenvalue weighted by Gasteiger charge is 2.15. The van der Waals surface area contributed by atoms with Crippen molar-refractivity contribution in [1.82, 2.24) is 0 Å². The highest BCUT2D eigenvalue weighted by atomic mass is 32.1. The van der Waals surface area contributed by atoms with Gasteiger partial charge in [0.05, 0.1) is 18.1 Å². The minimum atomic E-state index is -0.843. The van der Waals surface area contributed by atoms with Crippen LogP contribution in [-0.4, -0.2) is 29.3 Å². The summed E-state index contributed by atoms with van der Waals surface area (Å²) in [6, 6.07) is 9.93. The van der Waals surface area contributed by atoms with E-state index in [9.17, 15) is 15.2 Å². The lowest BCUT2D eigenvalue weighted by molar-refractivity contribution is -0.385. The van der Waals surface area contributed by atoms with Crippen molar-refractivity contribution in [3.8, 4) is 5.75 Å². The SMILES string of the molecule is O=[N+]([O-])c1ccccc1OCC(O)COCc1cccs1. The lowest BCUT2D eigenvalue weighted by Crippen LogP contribution is -2.23. The number of rotatable bonds is 8. The first-order valence-corrected chi connectivity index (χ1v) is 7.19. The number of nitro groups is 1. The van der Waals surface area contributed by atoms with E-state index in [0.717, 1.165) is 4.88 Å². The van der Waals surface area contributed by atoms with Gasteiger partial charge in [-0.15, -0.1) is 11.3 Å². The summed E-state index contributed by atoms with van der Waals surface area (Å²) >= 11 is 1.58. The van der Waals surface area contributed by atoms with Gasteiger partial charge in [0, 0.05) is 10.9 Å². The van der Waals surface area contributed by atoms with E-state index in [0.29, 0.717) is 6.61 Å². The molecule has 1 unspecified atom stereocenters. The van der Waals surface area contributed by atoms with Crippen LogP contribution in [0.5, 0.6) is 5.75 Å². The van der Waals surface area contributed by atoms with Crippen LogP contribution in [0.15, 0.2) is 41.8 Å². The molecule has 1 aromatic heterocycles. The quantitative estimate of drug-likeness (QED) is 0.599. The molecule has 0 aliphatic rings. The maximum Gasteiger partial charge on any atom is 0.310 e. The van der Waals surface area contributed by atoms with Gasteiger partial charge in [0.25, 0.3) is 0 Å². The molecule has 0 spiro atoms. The second-order valence-electron chi connectivity index (χ2n) is 4.28. The van der Waals surface area contributed by atoms with Crippen LogP contribution in [0.3, 0.4) is 0 Å². The Balaban J connectivity index is 1.76. The van der Waals surface area contributed by atoms with E-state index in [-0.39, 0.29) is 24.7 Å². The maximum absolute atomic E-state index is 10.8. The third kappa shape index (κ3) is 4.82. The number of nitro benzene ring substituents is 1. The van der Waals surface area contributed by atoms with E-state index in [2.05, 4.69) is 0 Å². The summed E-state index contributed by atoms with van der Waals surface area (Å²) in [5, 5.41) is 22.5. The Labute approximate surface area is 125 Å². The number of benzene rings is 1. The Hall–Kier alpha value is -1.96. The van der Waals surface area contributed by atoms with Gasteiger partial charge in [-0.25, -0.2) is 0 Å². The molecule has 1 atom stereocenters. The van der Waals surface area contributed by atoms with Crippen molar-refractivity contribution >= 4 is 17.0 Å². The van der Waals surface area contributed by atoms with Crippen molar-refractivity contribution in [2.45, 2.75) is 12.7 Å². The number of hydrogen-bond acceptors (Lipinski definition) is 6. The van der Waals surface area contributed by atoms with Gasteiger partial charge < -0.3 is 14.6 Å². The van der Waals surface area contributed by atoms with Crippen LogP contribution in [0, 0.1) is 10.1 Å². The van der Waals surface area contributed by atoms with Crippen LogP contribution in [-0.2, 0) is 11.3 Å². The first kappa shape index (κ1) is 15.4. The molecule has 1 aromatic carbocycles. The molecule has 0 saturated carbocycles. The highest BCUT2D eigenvalue weighted by molar-refractivity contribution is 7.09. The molecule has 2 rings (SSSR count). The molecular formula is C14H15NO5S. The van der Waals surface area contributed by atoms with Crippen molar-refractivity contribution in [2.75, 3.05) is 13.2 Å². The monoisotopic (exact) mass is 309 g/mol. The summed E-state index contributed by atoms with van der Waals surface area (Å²) < 4.78 is 10.6. The number of para-hydroxylation sites is 2. The Morgan fingerprint density at radius 3 is 2.76 bits per heavy atom. The molecule has 1 heterocycles. The molecule has 7 heteroatoms. The standard InChI is InChI=1S/C14H15NO5S/c16-11(8-19-10-12-4-3-7-21-12)9-20-14-6-2-1-5-13(14)15(17)18/h1-7,11,16H,8-10H2. The number of thiophene rings is 1. The van der Waals surface area contributed by atoms with Crippen molar-refractivity contribution in [3.05, 3.63) is 56.8 Å². The number of ether oxygens (including phenoxy) is 2. The molecule has 0 saturated heterocycles. The third-order valence-electron chi connectivity index (χ3n) is 2.63. The fourth-order valence-corrected chi connectivity index (χ4v) is 2.29. The summed E-state index contributed by atoms with van der Waals surface area (Å²) in [5.41, 5.74) is -0.121. The number of hydrogen-bond donors (Lipinski definition) is 1. The zero-order valence-electron chi connectivity index (χ0n) is 11.2. The molecule has 6 nitrogen and oxygen atoms in total. The molecule has 1 N–H and O–H groups in total. The van der Waals surface area contributed by atoms with Crippen molar-refractivity contribution in [2.24, 2.45) is 0 Å². The van der Waals surface area contributed by atoms with Gasteiger partial charge in [-0.2, -0.15) is 0 Å². The summed E-state index contributed by atoms with van der Waals surface area (Å²) in [7, 11) is 0. The minimum Gasteiger partial charge on any atom is -0.484 e. The topological polar surface area (TPSA) is 81.8 Å². The molecule has 0 radical (unpaired) electrons. The van der Waals surface area contributed by atoms with E-state index < -0.39 is 11.0 Å². The first-order valence-electron chi connectivity index (χ1n) is 6.31. The highest BCUT2D eigenvalue weighted by Crippen LogP contribution is 2.25. The van der Waals surface area contributed by atoms with Crippen molar-refractivity contribution in [1.29, 1.82) is 0 Å². The van der Waals surface area contributed by atoms with Crippen LogP contribution in [0.25, 0.3) is 0 Å². The zero-order chi connectivity index (χ0) is 15.1. The Kier molecular flexibility index (Phi) is 5.68. The van der Waals surface area contributed by atoms with Crippen LogP contribution in [0.2, 0.25) is 0 Å². The summed E-state index contributed by atoms with van der Waals surface area (Å²) in [6.45, 7) is 0.480. The fourth-order valence-electron chi connectivity index (χ4n) is 1.65. The predicted octanol–water partition coefficient (Wildman–Crippen LogP) is 2.61. The average molecular weight is 309 g/mol. The van der Waals surface area contributed by atoms with E-state index >= 15 is 0 Å². The first-order chi connectivity index (χ1) is 10.2. The Bertz CT molecular complexity index is 573. The van der Waals surface area contributed by atoms with E-state index in [1.807, 2.05) is 17.5 Å². The predicted molar refractivity (Wildman–Crippen MR) is 78.6 cm³/mol. The van der Waals surface area contributed by atoms with Crippen LogP contribution in [0.4, 0.5) is 5.69 Å². The molecule has 0 fully saturated rings. The van der Waals surface area contributed by atoms with Gasteiger partial charge in [-0.05, 0) is 17.5 Å². The number of aliphatic hydroxyl groups excluding tert-OH is 1. The van der Waals surface area contributed by atoms with Gasteiger partial charge in [-0.3, -0.25) is 10.1 Å².